The number of hydrogen-bond donors (Lipinski definition) is 0. The number of hydrogen-bond acceptors (Lipinski definition) is 4. The lowest BCUT2D eigenvalue weighted by molar-refractivity contribution is 0.00578. The maximum Gasteiger partial charge on any atom is 0.494 e. The van der Waals surface area contributed by atoms with Gasteiger partial charge in [0.15, 0.2) is 0 Å². The highest BCUT2D eigenvalue weighted by Crippen LogP contribution is 2.37. The topological polar surface area (TPSA) is 24.9 Å². The summed E-state index contributed by atoms with van der Waals surface area (Å²) < 4.78 is 26.6. The molecule has 1 aliphatic carbocycles. The zero-order chi connectivity index (χ0) is 19.3. The van der Waals surface area contributed by atoms with Gasteiger partial charge in [0.05, 0.1) is 11.2 Å². The molecule has 0 amide bonds. The van der Waals surface area contributed by atoms with E-state index in [1.165, 1.54) is 5.69 Å². The quantitative estimate of drug-likeness (QED) is 0.757. The molecule has 27 heavy (non-hydrogen) atoms. The van der Waals surface area contributed by atoms with E-state index in [9.17, 15) is 4.39 Å². The van der Waals surface area contributed by atoms with Crippen LogP contribution in [0, 0.1) is 0 Å². The van der Waals surface area contributed by atoms with E-state index >= 15 is 0 Å². The Hall–Kier alpha value is -1.11. The first-order valence-electron chi connectivity index (χ1n) is 10.3. The molecule has 0 bridgehead atoms. The average Bonchev–Trinajstić information content (AvgIpc) is 2.82. The molecule has 148 valence electrons. The molecule has 1 aromatic carbocycles. The maximum atomic E-state index is 14.3. The van der Waals surface area contributed by atoms with Gasteiger partial charge in [-0.15, -0.1) is 0 Å². The van der Waals surface area contributed by atoms with Crippen LogP contribution in [0.1, 0.15) is 47.0 Å². The lowest BCUT2D eigenvalue weighted by Crippen LogP contribution is -2.52. The van der Waals surface area contributed by atoms with Crippen LogP contribution in [-0.2, 0) is 9.31 Å². The molecular weight excluding hydrogens is 342 g/mol. The van der Waals surface area contributed by atoms with Crippen LogP contribution in [0.2, 0.25) is 0 Å². The molecular formula is C21H32BFN2O2. The summed E-state index contributed by atoms with van der Waals surface area (Å²) in [7, 11) is -0.316. The molecule has 1 saturated carbocycles. The Labute approximate surface area is 163 Å². The molecule has 0 spiro atoms. The third-order valence-corrected chi connectivity index (χ3v) is 6.91. The molecule has 0 aromatic heterocycles. The number of alkyl halides is 1. The summed E-state index contributed by atoms with van der Waals surface area (Å²) in [6, 6.07) is 8.51. The van der Waals surface area contributed by atoms with Gasteiger partial charge in [0, 0.05) is 38.4 Å². The van der Waals surface area contributed by atoms with E-state index in [0.717, 1.165) is 50.9 Å². The number of rotatable bonds is 4. The fourth-order valence-corrected chi connectivity index (χ4v) is 4.10. The fourth-order valence-electron chi connectivity index (χ4n) is 4.10. The lowest BCUT2D eigenvalue weighted by atomic mass is 9.79. The highest BCUT2D eigenvalue weighted by Gasteiger charge is 2.51. The predicted octanol–water partition coefficient (Wildman–Crippen LogP) is 3.00. The van der Waals surface area contributed by atoms with Gasteiger partial charge in [-0.1, -0.05) is 12.1 Å². The molecule has 2 saturated heterocycles. The van der Waals surface area contributed by atoms with Gasteiger partial charge in [0.1, 0.15) is 5.67 Å². The van der Waals surface area contributed by atoms with Crippen LogP contribution in [0.4, 0.5) is 10.1 Å². The van der Waals surface area contributed by atoms with Crippen molar-refractivity contribution in [2.75, 3.05) is 37.6 Å². The summed E-state index contributed by atoms with van der Waals surface area (Å²) in [5, 5.41) is 0. The number of nitrogens with zero attached hydrogens (tertiary/aromatic N) is 2. The van der Waals surface area contributed by atoms with Crippen molar-refractivity contribution in [1.82, 2.24) is 4.90 Å². The van der Waals surface area contributed by atoms with Gasteiger partial charge < -0.3 is 14.2 Å². The number of benzene rings is 1. The molecule has 2 aliphatic heterocycles. The van der Waals surface area contributed by atoms with Crippen molar-refractivity contribution in [3.05, 3.63) is 24.3 Å². The second-order valence-electron chi connectivity index (χ2n) is 9.45. The third-order valence-electron chi connectivity index (χ3n) is 6.91. The molecule has 4 rings (SSSR count). The van der Waals surface area contributed by atoms with Gasteiger partial charge in [-0.2, -0.15) is 0 Å². The van der Waals surface area contributed by atoms with Gasteiger partial charge in [0.25, 0.3) is 0 Å². The van der Waals surface area contributed by atoms with E-state index in [4.69, 9.17) is 9.31 Å². The molecule has 2 heterocycles. The summed E-state index contributed by atoms with van der Waals surface area (Å²) in [4.78, 5) is 4.67. The molecule has 3 fully saturated rings. The van der Waals surface area contributed by atoms with Crippen molar-refractivity contribution in [3.8, 4) is 0 Å². The number of halogens is 1. The minimum absolute atomic E-state index is 0.316. The van der Waals surface area contributed by atoms with Gasteiger partial charge in [-0.05, 0) is 64.6 Å². The van der Waals surface area contributed by atoms with Crippen LogP contribution in [0.25, 0.3) is 0 Å². The molecule has 6 heteroatoms. The first-order chi connectivity index (χ1) is 12.7. The molecule has 0 unspecified atom stereocenters. The van der Waals surface area contributed by atoms with Crippen molar-refractivity contribution in [2.45, 2.75) is 63.8 Å². The van der Waals surface area contributed by atoms with Crippen LogP contribution >= 0.6 is 0 Å². The van der Waals surface area contributed by atoms with Crippen molar-refractivity contribution >= 4 is 18.3 Å². The summed E-state index contributed by atoms with van der Waals surface area (Å²) in [5.41, 5.74) is 0.725. The second-order valence-corrected chi connectivity index (χ2v) is 9.45. The molecule has 0 atom stereocenters. The fraction of sp³-hybridized carbons (Fsp3) is 0.714. The van der Waals surface area contributed by atoms with Crippen LogP contribution in [0.3, 0.4) is 0 Å². The van der Waals surface area contributed by atoms with Gasteiger partial charge in [0.2, 0.25) is 0 Å². The normalized spacial score (nSPS) is 26.9. The highest BCUT2D eigenvalue weighted by atomic mass is 19.1. The average molecular weight is 374 g/mol. The second kappa shape index (κ2) is 6.75. The molecule has 0 N–H and O–H groups in total. The van der Waals surface area contributed by atoms with Crippen molar-refractivity contribution in [2.24, 2.45) is 0 Å². The van der Waals surface area contributed by atoms with Crippen molar-refractivity contribution < 1.29 is 13.7 Å². The van der Waals surface area contributed by atoms with E-state index in [1.807, 2.05) is 0 Å². The van der Waals surface area contributed by atoms with Gasteiger partial charge in [-0.3, -0.25) is 4.90 Å². The summed E-state index contributed by atoms with van der Waals surface area (Å²) >= 11 is 0. The Bertz CT molecular complexity index is 651. The van der Waals surface area contributed by atoms with Crippen molar-refractivity contribution in [1.29, 1.82) is 0 Å². The van der Waals surface area contributed by atoms with Crippen LogP contribution < -0.4 is 10.4 Å². The number of anilines is 1. The van der Waals surface area contributed by atoms with Crippen molar-refractivity contribution in [3.63, 3.8) is 0 Å². The summed E-state index contributed by atoms with van der Waals surface area (Å²) in [6.07, 6.45) is 2.53. The standard InChI is InChI=1S/C21H32BFN2O2/c1-19(2)20(3,4)27-22(26-19)17-6-8-18(9-7-17)25-14-12-24(13-15-25)16-21(23)10-5-11-21/h6-9H,5,10-16H2,1-4H3. The molecule has 1 aromatic rings. The Balaban J connectivity index is 1.34. The van der Waals surface area contributed by atoms with Gasteiger partial charge in [-0.25, -0.2) is 4.39 Å². The molecule has 4 nitrogen and oxygen atoms in total. The monoisotopic (exact) mass is 374 g/mol. The van der Waals surface area contributed by atoms with Gasteiger partial charge >= 0.3 is 7.12 Å². The zero-order valence-electron chi connectivity index (χ0n) is 17.1. The minimum atomic E-state index is -0.910. The minimum Gasteiger partial charge on any atom is -0.399 e. The van der Waals surface area contributed by atoms with Crippen LogP contribution in [0.15, 0.2) is 24.3 Å². The van der Waals surface area contributed by atoms with E-state index in [2.05, 4.69) is 61.8 Å². The van der Waals surface area contributed by atoms with E-state index in [1.54, 1.807) is 0 Å². The maximum absolute atomic E-state index is 14.3. The first kappa shape index (κ1) is 19.2. The predicted molar refractivity (Wildman–Crippen MR) is 109 cm³/mol. The lowest BCUT2D eigenvalue weighted by Gasteiger charge is -2.42. The van der Waals surface area contributed by atoms with Crippen LogP contribution in [-0.4, -0.2) is 61.6 Å². The molecule has 3 aliphatic rings. The Morgan fingerprint density at radius 3 is 1.96 bits per heavy atom. The van der Waals surface area contributed by atoms with E-state index in [-0.39, 0.29) is 18.3 Å². The van der Waals surface area contributed by atoms with E-state index < -0.39 is 5.67 Å². The summed E-state index contributed by atoms with van der Waals surface area (Å²) in [5.74, 6) is 0. The van der Waals surface area contributed by atoms with E-state index in [0.29, 0.717) is 6.54 Å². The highest BCUT2D eigenvalue weighted by molar-refractivity contribution is 6.62. The Kier molecular flexibility index (Phi) is 4.80. The zero-order valence-corrected chi connectivity index (χ0v) is 17.1. The SMILES string of the molecule is CC1(C)OB(c2ccc(N3CCN(CC4(F)CCC4)CC3)cc2)OC1(C)C. The largest absolute Gasteiger partial charge is 0.494 e. The summed E-state index contributed by atoms with van der Waals surface area (Å²) in [6.45, 7) is 12.7. The third kappa shape index (κ3) is 3.76. The first-order valence-corrected chi connectivity index (χ1v) is 10.3. The van der Waals surface area contributed by atoms with Crippen LogP contribution in [0.5, 0.6) is 0 Å². The smallest absolute Gasteiger partial charge is 0.399 e. The number of piperazine rings is 1. The Morgan fingerprint density at radius 2 is 1.48 bits per heavy atom. The Morgan fingerprint density at radius 1 is 0.926 bits per heavy atom. The molecule has 0 radical (unpaired) electrons.